The lowest BCUT2D eigenvalue weighted by Crippen LogP contribution is -2.23. The van der Waals surface area contributed by atoms with Crippen LogP contribution >= 0.6 is 0 Å². The van der Waals surface area contributed by atoms with Crippen molar-refractivity contribution in [2.45, 2.75) is 25.2 Å². The minimum Gasteiger partial charge on any atom is -0.545 e. The molecule has 2 aromatic carbocycles. The van der Waals surface area contributed by atoms with E-state index in [0.717, 1.165) is 12.5 Å². The number of nitrogens with one attached hydrogen (secondary N) is 1. The van der Waals surface area contributed by atoms with Crippen LogP contribution in [0.3, 0.4) is 0 Å². The third-order valence-corrected chi connectivity index (χ3v) is 4.81. The van der Waals surface area contributed by atoms with Gasteiger partial charge in [0.15, 0.2) is 0 Å². The van der Waals surface area contributed by atoms with Gasteiger partial charge in [-0.3, -0.25) is 4.72 Å². The average molecular weight is 348 g/mol. The number of anilines is 1. The van der Waals surface area contributed by atoms with Gasteiger partial charge in [-0.15, -0.1) is 0 Å². The third-order valence-electron chi connectivity index (χ3n) is 3.31. The molecule has 0 bridgehead atoms. The van der Waals surface area contributed by atoms with E-state index in [4.69, 9.17) is 4.74 Å². The van der Waals surface area contributed by atoms with Gasteiger partial charge in [0, 0.05) is 0 Å². The molecule has 0 saturated carbocycles. The second kappa shape index (κ2) is 7.35. The maximum atomic E-state index is 12.6. The maximum absolute atomic E-state index is 12.6. The summed E-state index contributed by atoms with van der Waals surface area (Å²) in [5, 5.41) is 11.0. The molecular formula is C17H18NO5S-. The molecule has 0 unspecified atom stereocenters. The number of rotatable bonds is 7. The number of ether oxygens (including phenoxy) is 1. The summed E-state index contributed by atoms with van der Waals surface area (Å²) in [6.45, 7) is 3.99. The fourth-order valence-electron chi connectivity index (χ4n) is 2.11. The number of para-hydroxylation sites is 2. The minimum atomic E-state index is -3.97. The molecule has 0 saturated heterocycles. The number of aromatic carboxylic acids is 1. The lowest BCUT2D eigenvalue weighted by atomic mass is 10.1. The summed E-state index contributed by atoms with van der Waals surface area (Å²) in [5.74, 6) is -1.02. The van der Waals surface area contributed by atoms with Gasteiger partial charge in [0.2, 0.25) is 0 Å². The van der Waals surface area contributed by atoms with Gasteiger partial charge in [0.25, 0.3) is 10.0 Å². The Bertz CT molecular complexity index is 846. The largest absolute Gasteiger partial charge is 0.545 e. The first-order valence-corrected chi connectivity index (χ1v) is 8.90. The van der Waals surface area contributed by atoms with Crippen LogP contribution in [0.2, 0.25) is 0 Å². The number of benzene rings is 2. The maximum Gasteiger partial charge on any atom is 0.262 e. The van der Waals surface area contributed by atoms with Crippen molar-refractivity contribution in [2.24, 2.45) is 0 Å². The number of hydrogen-bond acceptors (Lipinski definition) is 5. The number of hydrogen-bond donors (Lipinski definition) is 1. The van der Waals surface area contributed by atoms with Crippen LogP contribution in [0.4, 0.5) is 5.69 Å². The minimum absolute atomic E-state index is 0.116. The average Bonchev–Trinajstić information content (AvgIpc) is 2.53. The quantitative estimate of drug-likeness (QED) is 0.825. The molecule has 0 atom stereocenters. The molecule has 2 aromatic rings. The topological polar surface area (TPSA) is 95.5 Å². The molecular weight excluding hydrogens is 330 g/mol. The van der Waals surface area contributed by atoms with Crippen molar-refractivity contribution in [3.63, 3.8) is 0 Å². The lowest BCUT2D eigenvalue weighted by molar-refractivity contribution is -0.255. The van der Waals surface area contributed by atoms with Crippen molar-refractivity contribution in [1.82, 2.24) is 0 Å². The molecule has 0 fully saturated rings. The Morgan fingerprint density at radius 2 is 1.92 bits per heavy atom. The molecule has 0 amide bonds. The fraction of sp³-hybridized carbons (Fsp3) is 0.235. The highest BCUT2D eigenvalue weighted by Crippen LogP contribution is 2.28. The van der Waals surface area contributed by atoms with E-state index in [1.54, 1.807) is 31.2 Å². The molecule has 128 valence electrons. The molecule has 2 rings (SSSR count). The highest BCUT2D eigenvalue weighted by molar-refractivity contribution is 7.92. The predicted octanol–water partition coefficient (Wildman–Crippen LogP) is 1.95. The molecule has 0 aliphatic carbocycles. The van der Waals surface area contributed by atoms with Gasteiger partial charge in [-0.05, 0) is 42.7 Å². The van der Waals surface area contributed by atoms with E-state index in [1.165, 1.54) is 12.1 Å². The lowest BCUT2D eigenvalue weighted by Gasteiger charge is -2.15. The Kier molecular flexibility index (Phi) is 5.46. The molecule has 0 heterocycles. The summed E-state index contributed by atoms with van der Waals surface area (Å²) in [7, 11) is -3.97. The summed E-state index contributed by atoms with van der Waals surface area (Å²) in [6.07, 6.45) is 0.786. The van der Waals surface area contributed by atoms with Gasteiger partial charge >= 0.3 is 0 Å². The van der Waals surface area contributed by atoms with Crippen LogP contribution < -0.4 is 14.6 Å². The highest BCUT2D eigenvalue weighted by atomic mass is 32.2. The van der Waals surface area contributed by atoms with E-state index in [0.29, 0.717) is 23.6 Å². The smallest absolute Gasteiger partial charge is 0.262 e. The van der Waals surface area contributed by atoms with Gasteiger partial charge < -0.3 is 14.6 Å². The first kappa shape index (κ1) is 17.8. The second-order valence-corrected chi connectivity index (χ2v) is 6.87. The second-order valence-electron chi connectivity index (χ2n) is 5.22. The summed E-state index contributed by atoms with van der Waals surface area (Å²) in [4.78, 5) is 10.9. The number of carboxylic acids is 1. The number of carbonyl (C=O) groups is 1. The van der Waals surface area contributed by atoms with Gasteiger partial charge in [-0.2, -0.15) is 0 Å². The van der Waals surface area contributed by atoms with Crippen LogP contribution in [-0.2, 0) is 10.0 Å². The normalized spacial score (nSPS) is 11.1. The monoisotopic (exact) mass is 348 g/mol. The predicted molar refractivity (Wildman–Crippen MR) is 88.5 cm³/mol. The van der Waals surface area contributed by atoms with Crippen molar-refractivity contribution in [2.75, 3.05) is 11.3 Å². The zero-order valence-electron chi connectivity index (χ0n) is 13.4. The summed E-state index contributed by atoms with van der Waals surface area (Å²) in [6, 6.07) is 10.5. The third kappa shape index (κ3) is 4.05. The van der Waals surface area contributed by atoms with Crippen LogP contribution in [0.25, 0.3) is 0 Å². The van der Waals surface area contributed by atoms with Gasteiger partial charge in [0.1, 0.15) is 5.75 Å². The summed E-state index contributed by atoms with van der Waals surface area (Å²) < 4.78 is 33.3. The van der Waals surface area contributed by atoms with Crippen LogP contribution in [0.1, 0.15) is 29.3 Å². The van der Waals surface area contributed by atoms with Crippen LogP contribution in [0.15, 0.2) is 47.4 Å². The molecule has 6 nitrogen and oxygen atoms in total. The van der Waals surface area contributed by atoms with E-state index in [1.807, 2.05) is 6.92 Å². The molecule has 1 N–H and O–H groups in total. The Morgan fingerprint density at radius 3 is 2.58 bits per heavy atom. The van der Waals surface area contributed by atoms with Crippen LogP contribution in [-0.4, -0.2) is 21.0 Å². The molecule has 0 spiro atoms. The Labute approximate surface area is 141 Å². The number of carboxylic acid groups (broad SMARTS) is 1. The van der Waals surface area contributed by atoms with E-state index in [2.05, 4.69) is 4.72 Å². The molecule has 24 heavy (non-hydrogen) atoms. The van der Waals surface area contributed by atoms with E-state index in [9.17, 15) is 18.3 Å². The van der Waals surface area contributed by atoms with E-state index in [-0.39, 0.29) is 10.5 Å². The number of sulfonamides is 1. The molecule has 0 aliphatic rings. The van der Waals surface area contributed by atoms with E-state index < -0.39 is 16.0 Å². The molecule has 0 aliphatic heterocycles. The zero-order valence-corrected chi connectivity index (χ0v) is 14.2. The van der Waals surface area contributed by atoms with Crippen molar-refractivity contribution < 1.29 is 23.1 Å². The fourth-order valence-corrected chi connectivity index (χ4v) is 3.45. The van der Waals surface area contributed by atoms with Gasteiger partial charge in [0.05, 0.1) is 23.2 Å². The summed E-state index contributed by atoms with van der Waals surface area (Å²) in [5.41, 5.74) is 0.528. The summed E-state index contributed by atoms with van der Waals surface area (Å²) >= 11 is 0. The Balaban J connectivity index is 2.39. The highest BCUT2D eigenvalue weighted by Gasteiger charge is 2.19. The van der Waals surface area contributed by atoms with E-state index >= 15 is 0 Å². The van der Waals surface area contributed by atoms with Crippen molar-refractivity contribution in [1.29, 1.82) is 0 Å². The first-order valence-electron chi connectivity index (χ1n) is 7.42. The number of aryl methyl sites for hydroxylation is 1. The molecule has 0 radical (unpaired) electrons. The zero-order chi connectivity index (χ0) is 17.7. The Hall–Kier alpha value is -2.54. The molecule has 0 aromatic heterocycles. The van der Waals surface area contributed by atoms with Gasteiger partial charge in [-0.1, -0.05) is 31.2 Å². The molecule has 7 heteroatoms. The van der Waals surface area contributed by atoms with Gasteiger partial charge in [-0.25, -0.2) is 8.42 Å². The van der Waals surface area contributed by atoms with Crippen molar-refractivity contribution >= 4 is 21.7 Å². The number of carbonyl (C=O) groups excluding carboxylic acids is 1. The van der Waals surface area contributed by atoms with Crippen LogP contribution in [0, 0.1) is 6.92 Å². The standard InChI is InChI=1S/C17H19NO5S/c1-3-10-23-15-7-5-4-6-14(15)18-24(21,22)16-11-13(17(19)20)9-8-12(16)2/h4-9,11,18H,3,10H2,1-2H3,(H,19,20)/p-1. The van der Waals surface area contributed by atoms with Crippen LogP contribution in [0.5, 0.6) is 5.75 Å². The first-order chi connectivity index (χ1) is 11.3. The van der Waals surface area contributed by atoms with Crippen molar-refractivity contribution in [3.05, 3.63) is 53.6 Å². The SMILES string of the molecule is CCCOc1ccccc1NS(=O)(=O)c1cc(C(=O)[O-])ccc1C. The Morgan fingerprint density at radius 1 is 1.21 bits per heavy atom. The van der Waals surface area contributed by atoms with Crippen molar-refractivity contribution in [3.8, 4) is 5.75 Å².